The first-order chi connectivity index (χ1) is 21.2. The lowest BCUT2D eigenvalue weighted by Gasteiger charge is -2.53. The highest BCUT2D eigenvalue weighted by atomic mass is 32.1. The molecule has 1 unspecified atom stereocenters. The summed E-state index contributed by atoms with van der Waals surface area (Å²) >= 11 is 1.38. The van der Waals surface area contributed by atoms with Crippen LogP contribution < -0.4 is 11.1 Å². The smallest absolute Gasteiger partial charge is 0.246 e. The quantitative estimate of drug-likeness (QED) is 0.0506. The Hall–Kier alpha value is -2.57. The fourth-order valence-corrected chi connectivity index (χ4v) is 8.96. The van der Waals surface area contributed by atoms with Crippen molar-refractivity contribution in [3.63, 3.8) is 0 Å². The number of hydroxylamine groups is 2. The van der Waals surface area contributed by atoms with Crippen LogP contribution in [0.4, 0.5) is 10.8 Å². The average Bonchev–Trinajstić information content (AvgIpc) is 3.46. The number of rotatable bonds is 13. The van der Waals surface area contributed by atoms with Gasteiger partial charge in [0, 0.05) is 42.3 Å². The lowest BCUT2D eigenvalue weighted by atomic mass is 9.55. The highest BCUT2D eigenvalue weighted by Gasteiger charge is 2.50. The Labute approximate surface area is 263 Å². The minimum atomic E-state index is -1.49. The van der Waals surface area contributed by atoms with Gasteiger partial charge < -0.3 is 16.2 Å². The Bertz CT molecular complexity index is 1280. The third-order valence-corrected chi connectivity index (χ3v) is 11.0. The number of thiazole rings is 1. The number of nitrogens with zero attached hydrogens (tertiary/aromatic N) is 2. The van der Waals surface area contributed by atoms with Crippen LogP contribution >= 0.6 is 11.3 Å². The normalized spacial score (nSPS) is 30.8. The van der Waals surface area contributed by atoms with Gasteiger partial charge in [0.2, 0.25) is 17.6 Å². The number of nitrogens with one attached hydrogen (secondary N) is 1. The molecule has 10 nitrogen and oxygen atoms in total. The zero-order valence-electron chi connectivity index (χ0n) is 25.4. The largest absolute Gasteiger partial charge is 0.399 e. The third-order valence-electron chi connectivity index (χ3n) is 10.2. The summed E-state index contributed by atoms with van der Waals surface area (Å²) in [5, 5.41) is 27.9. The number of nitrogens with two attached hydrogens (primary N) is 1. The molecule has 0 aliphatic heterocycles. The maximum Gasteiger partial charge on any atom is 0.246 e. The molecule has 5 aliphatic rings. The molecule has 0 saturated heterocycles. The molecule has 44 heavy (non-hydrogen) atoms. The van der Waals surface area contributed by atoms with Crippen molar-refractivity contribution in [2.45, 2.75) is 114 Å². The summed E-state index contributed by atoms with van der Waals surface area (Å²) in [5.41, 5.74) is 8.20. The molecule has 11 heteroatoms. The summed E-state index contributed by atoms with van der Waals surface area (Å²) in [6, 6.07) is 6.97. The molecule has 2 atom stereocenters. The highest BCUT2D eigenvalue weighted by Crippen LogP contribution is 2.55. The third kappa shape index (κ3) is 7.62. The van der Waals surface area contributed by atoms with E-state index < -0.39 is 11.8 Å². The van der Waals surface area contributed by atoms with Crippen LogP contribution in [0.2, 0.25) is 0 Å². The molecule has 5 N–H and O–H groups in total. The molecule has 1 heterocycles. The number of carbonyl (C=O) groups excluding carboxylic acids is 2. The van der Waals surface area contributed by atoms with Crippen LogP contribution in [0.5, 0.6) is 0 Å². The van der Waals surface area contributed by atoms with Crippen LogP contribution in [0.15, 0.2) is 29.6 Å². The van der Waals surface area contributed by atoms with Gasteiger partial charge in [-0.3, -0.25) is 14.8 Å². The minimum Gasteiger partial charge on any atom is -0.399 e. The van der Waals surface area contributed by atoms with Gasteiger partial charge in [-0.15, -0.1) is 11.3 Å². The number of nitrogen functional groups attached to an aromatic ring is 1. The van der Waals surface area contributed by atoms with Crippen molar-refractivity contribution in [1.29, 1.82) is 0 Å². The van der Waals surface area contributed by atoms with Crippen molar-refractivity contribution in [1.82, 2.24) is 10.0 Å². The number of hydrogen-bond donors (Lipinski definition) is 4. The highest BCUT2D eigenvalue weighted by molar-refractivity contribution is 7.14. The fraction of sp³-hybridized carbons (Fsp3) is 0.667. The van der Waals surface area contributed by atoms with E-state index in [2.05, 4.69) is 10.3 Å². The molecular formula is C33H46N4O6S. The van der Waals surface area contributed by atoms with Crippen LogP contribution in [0.3, 0.4) is 0 Å². The Morgan fingerprint density at radius 3 is 2.52 bits per heavy atom. The summed E-state index contributed by atoms with van der Waals surface area (Å²) in [6.45, 7) is 0. The Morgan fingerprint density at radius 1 is 1.07 bits per heavy atom. The van der Waals surface area contributed by atoms with Gasteiger partial charge in [-0.2, -0.15) is 0 Å². The van der Waals surface area contributed by atoms with E-state index in [0.29, 0.717) is 61.2 Å². The topological polar surface area (TPSA) is 147 Å². The Kier molecular flexibility index (Phi) is 9.87. The van der Waals surface area contributed by atoms with Gasteiger partial charge in [0.25, 0.3) is 0 Å². The van der Waals surface area contributed by atoms with Crippen LogP contribution in [-0.4, -0.2) is 50.1 Å². The van der Waals surface area contributed by atoms with E-state index in [-0.39, 0.29) is 30.8 Å². The molecule has 240 valence electrons. The van der Waals surface area contributed by atoms with Crippen molar-refractivity contribution in [2.24, 2.45) is 23.7 Å². The van der Waals surface area contributed by atoms with Crippen molar-refractivity contribution < 1.29 is 29.7 Å². The number of amides is 2. The average molecular weight is 627 g/mol. The molecule has 5 aliphatic carbocycles. The number of aliphatic hydroxyl groups is 1. The fourth-order valence-electron chi connectivity index (χ4n) is 8.23. The van der Waals surface area contributed by atoms with Gasteiger partial charge in [0.1, 0.15) is 0 Å². The second kappa shape index (κ2) is 13.8. The van der Waals surface area contributed by atoms with Gasteiger partial charge >= 0.3 is 0 Å². The second-order valence-electron chi connectivity index (χ2n) is 13.6. The van der Waals surface area contributed by atoms with Gasteiger partial charge in [-0.05, 0) is 93.6 Å². The molecule has 2 amide bonds. The van der Waals surface area contributed by atoms with Gasteiger partial charge in [0.05, 0.1) is 17.8 Å². The zero-order chi connectivity index (χ0) is 30.7. The standard InChI is InChI=1S/C33H46N4O6S/c34-26-8-5-7-23(18-26)28-20-44-32(35-28)36-29(38)10-3-1-2-4-11-30(39)37(41)27-9-6-12-33(40,19-27)43-42-31-24-14-21-13-22(16-24)17-25(31)15-21/h5,7-8,18,20-22,24-25,27,31,40-41H,1-4,6,9-17,19,34H2,(H,35,36,38)/t21?,22?,24?,25?,27?,31?,33-/m1/s1. The number of unbranched alkanes of at least 4 members (excludes halogenated alkanes) is 3. The lowest BCUT2D eigenvalue weighted by molar-refractivity contribution is -0.461. The Balaban J connectivity index is 0.859. The minimum absolute atomic E-state index is 0.0466. The van der Waals surface area contributed by atoms with Crippen molar-refractivity contribution >= 4 is 34.0 Å². The maximum absolute atomic E-state index is 12.7. The maximum atomic E-state index is 12.7. The van der Waals surface area contributed by atoms with Crippen LogP contribution in [0.1, 0.15) is 96.3 Å². The summed E-state index contributed by atoms with van der Waals surface area (Å²) in [7, 11) is 0. The molecule has 0 radical (unpaired) electrons. The molecule has 1 aromatic heterocycles. The lowest BCUT2D eigenvalue weighted by Crippen LogP contribution is -2.52. The summed E-state index contributed by atoms with van der Waals surface area (Å²) in [6.07, 6.45) is 11.5. The number of anilines is 2. The van der Waals surface area contributed by atoms with E-state index in [0.717, 1.165) is 41.0 Å². The Morgan fingerprint density at radius 2 is 1.80 bits per heavy atom. The monoisotopic (exact) mass is 626 g/mol. The number of benzene rings is 1. The predicted molar refractivity (Wildman–Crippen MR) is 167 cm³/mol. The van der Waals surface area contributed by atoms with Crippen molar-refractivity contribution in [2.75, 3.05) is 11.1 Å². The first-order valence-electron chi connectivity index (χ1n) is 16.4. The van der Waals surface area contributed by atoms with E-state index >= 15 is 0 Å². The number of carbonyl (C=O) groups is 2. The van der Waals surface area contributed by atoms with Crippen LogP contribution in [0.25, 0.3) is 11.3 Å². The molecule has 2 aromatic rings. The molecule has 0 spiro atoms. The summed E-state index contributed by atoms with van der Waals surface area (Å²) < 4.78 is 0. The summed E-state index contributed by atoms with van der Waals surface area (Å²) in [5.74, 6) is 0.774. The molecule has 7 rings (SSSR count). The van der Waals surface area contributed by atoms with Gasteiger partial charge in [0.15, 0.2) is 5.13 Å². The van der Waals surface area contributed by atoms with Crippen molar-refractivity contribution in [3.05, 3.63) is 29.6 Å². The molecule has 5 fully saturated rings. The van der Waals surface area contributed by atoms with E-state index in [9.17, 15) is 19.9 Å². The molecule has 1 aromatic carbocycles. The predicted octanol–water partition coefficient (Wildman–Crippen LogP) is 6.29. The van der Waals surface area contributed by atoms with Gasteiger partial charge in [-0.25, -0.2) is 19.8 Å². The van der Waals surface area contributed by atoms with E-state index in [4.69, 9.17) is 15.5 Å². The molecule has 4 bridgehead atoms. The number of hydrogen-bond acceptors (Lipinski definition) is 9. The second-order valence-corrected chi connectivity index (χ2v) is 14.5. The first kappa shape index (κ1) is 31.4. The number of aromatic nitrogens is 1. The summed E-state index contributed by atoms with van der Waals surface area (Å²) in [4.78, 5) is 41.3. The molecule has 5 saturated carbocycles. The first-order valence-corrected chi connectivity index (χ1v) is 17.3. The molecular weight excluding hydrogens is 580 g/mol. The van der Waals surface area contributed by atoms with Crippen molar-refractivity contribution in [3.8, 4) is 11.3 Å². The van der Waals surface area contributed by atoms with E-state index in [1.807, 2.05) is 29.6 Å². The van der Waals surface area contributed by atoms with E-state index in [1.54, 1.807) is 0 Å². The van der Waals surface area contributed by atoms with Crippen LogP contribution in [0, 0.1) is 23.7 Å². The van der Waals surface area contributed by atoms with Gasteiger partial charge in [-0.1, -0.05) is 25.0 Å². The SMILES string of the molecule is Nc1cccc(-c2csc(NC(=O)CCCCCCC(=O)N(O)C3CCC[C@@](O)(OOC4C5CC6CC(C5)CC4C6)C3)n2)c1. The van der Waals surface area contributed by atoms with E-state index in [1.165, 1.54) is 43.4 Å². The zero-order valence-corrected chi connectivity index (χ0v) is 26.2. The van der Waals surface area contributed by atoms with Crippen LogP contribution in [-0.2, 0) is 19.4 Å².